The van der Waals surface area contributed by atoms with E-state index in [1.165, 1.54) is 22.6 Å². The van der Waals surface area contributed by atoms with Crippen molar-refractivity contribution in [3.63, 3.8) is 0 Å². The van der Waals surface area contributed by atoms with E-state index in [0.29, 0.717) is 5.13 Å². The molecule has 6 nitrogen and oxygen atoms in total. The van der Waals surface area contributed by atoms with Crippen molar-refractivity contribution < 1.29 is 14.7 Å². The predicted octanol–water partition coefficient (Wildman–Crippen LogP) is 6.83. The van der Waals surface area contributed by atoms with E-state index in [4.69, 9.17) is 0 Å². The Morgan fingerprint density at radius 1 is 1.08 bits per heavy atom. The quantitative estimate of drug-likeness (QED) is 0.277. The smallest absolute Gasteiger partial charge is 0.230 e. The molecule has 2 heterocycles. The first-order valence-corrected chi connectivity index (χ1v) is 13.6. The van der Waals surface area contributed by atoms with E-state index in [-0.39, 0.29) is 18.1 Å². The maximum Gasteiger partial charge on any atom is 0.230 e. The molecule has 0 spiro atoms. The molecule has 0 radical (unpaired) electrons. The van der Waals surface area contributed by atoms with Crippen LogP contribution in [0.3, 0.4) is 0 Å². The van der Waals surface area contributed by atoms with Crippen molar-refractivity contribution in [3.05, 3.63) is 93.9 Å². The lowest BCUT2D eigenvalue weighted by molar-refractivity contribution is -0.115. The maximum atomic E-state index is 12.3. The Balaban J connectivity index is 0.000000307. The third-order valence-corrected chi connectivity index (χ3v) is 7.03. The van der Waals surface area contributed by atoms with E-state index >= 15 is 0 Å². The van der Waals surface area contributed by atoms with E-state index in [2.05, 4.69) is 40.4 Å². The van der Waals surface area contributed by atoms with Gasteiger partial charge in [-0.3, -0.25) is 9.59 Å². The van der Waals surface area contributed by atoms with Crippen LogP contribution in [0.1, 0.15) is 45.8 Å². The summed E-state index contributed by atoms with van der Waals surface area (Å²) in [6.45, 7) is 9.00. The second kappa shape index (κ2) is 13.5. The Kier molecular flexibility index (Phi) is 10.2. The SMILES string of the molecule is CC.Cc1ccccc1C=O.Cc1sc(NC(=O)Cc2ccc(O)cc2)nc1-c1ccc2c(c1)CCN2C. The molecule has 0 atom stereocenters. The standard InChI is InChI=1S/C21H21N3O2S.C8H8O.C2H6/c1-13-20(16-5-8-18-15(12-16)9-10-24(18)2)23-21(27-13)22-19(26)11-14-3-6-17(25)7-4-14;1-7-4-2-3-5-8(7)6-9;1-2/h3-8,12,25H,9-11H2,1-2H3,(H,22,23,26);2-6H,1H3;1-2H3. The Labute approximate surface area is 229 Å². The average molecular weight is 530 g/mol. The van der Waals surface area contributed by atoms with Gasteiger partial charge in [-0.15, -0.1) is 11.3 Å². The molecule has 1 amide bonds. The second-order valence-corrected chi connectivity index (χ2v) is 10.0. The lowest BCUT2D eigenvalue weighted by Crippen LogP contribution is -2.14. The molecular weight excluding hydrogens is 494 g/mol. The number of fused-ring (bicyclic) bond motifs is 1. The molecule has 0 aliphatic carbocycles. The van der Waals surface area contributed by atoms with E-state index in [1.54, 1.807) is 24.3 Å². The Morgan fingerprint density at radius 2 is 1.79 bits per heavy atom. The third-order valence-electron chi connectivity index (χ3n) is 6.14. The molecular formula is C31H35N3O3S. The van der Waals surface area contributed by atoms with Gasteiger partial charge in [-0.05, 0) is 61.2 Å². The normalized spacial score (nSPS) is 11.4. The molecule has 1 aromatic heterocycles. The number of hydrogen-bond acceptors (Lipinski definition) is 6. The van der Waals surface area contributed by atoms with Crippen LogP contribution in [-0.2, 0) is 17.6 Å². The number of carbonyl (C=O) groups excluding carboxylic acids is 2. The minimum atomic E-state index is -0.114. The molecule has 2 N–H and O–H groups in total. The number of anilines is 2. The van der Waals surface area contributed by atoms with Crippen molar-refractivity contribution in [2.24, 2.45) is 0 Å². The maximum absolute atomic E-state index is 12.3. The first kappa shape index (κ1) is 28.6. The van der Waals surface area contributed by atoms with Crippen LogP contribution in [-0.4, -0.2) is 35.9 Å². The van der Waals surface area contributed by atoms with E-state index in [0.717, 1.165) is 52.1 Å². The molecule has 0 fully saturated rings. The van der Waals surface area contributed by atoms with Crippen molar-refractivity contribution in [1.82, 2.24) is 4.98 Å². The number of aromatic hydroxyl groups is 1. The number of amides is 1. The van der Waals surface area contributed by atoms with Crippen LogP contribution in [0.4, 0.5) is 10.8 Å². The molecule has 4 aromatic rings. The average Bonchev–Trinajstić information content (AvgIpc) is 3.48. The molecule has 0 unspecified atom stereocenters. The first-order chi connectivity index (χ1) is 18.3. The molecule has 0 bridgehead atoms. The summed E-state index contributed by atoms with van der Waals surface area (Å²) >= 11 is 1.49. The molecule has 5 rings (SSSR count). The van der Waals surface area contributed by atoms with Gasteiger partial charge in [-0.25, -0.2) is 4.98 Å². The Bertz CT molecular complexity index is 1380. The number of phenolic OH excluding ortho intramolecular Hbond substituents is 1. The largest absolute Gasteiger partial charge is 0.508 e. The highest BCUT2D eigenvalue weighted by Crippen LogP contribution is 2.35. The van der Waals surface area contributed by atoms with Gasteiger partial charge >= 0.3 is 0 Å². The number of nitrogens with zero attached hydrogens (tertiary/aromatic N) is 2. The molecule has 1 aliphatic heterocycles. The van der Waals surface area contributed by atoms with Crippen LogP contribution in [0.25, 0.3) is 11.3 Å². The summed E-state index contributed by atoms with van der Waals surface area (Å²) in [5, 5.41) is 12.8. The number of aromatic nitrogens is 1. The van der Waals surface area contributed by atoms with E-state index in [9.17, 15) is 14.7 Å². The number of benzene rings is 3. The molecule has 0 saturated carbocycles. The molecule has 38 heavy (non-hydrogen) atoms. The van der Waals surface area contributed by atoms with E-state index in [1.807, 2.05) is 52.0 Å². The highest BCUT2D eigenvalue weighted by atomic mass is 32.1. The highest BCUT2D eigenvalue weighted by Gasteiger charge is 2.18. The van der Waals surface area contributed by atoms with E-state index < -0.39 is 0 Å². The number of rotatable bonds is 5. The number of aryl methyl sites for hydroxylation is 2. The fourth-order valence-corrected chi connectivity index (χ4v) is 4.97. The van der Waals surface area contributed by atoms with Gasteiger partial charge < -0.3 is 15.3 Å². The van der Waals surface area contributed by atoms with Crippen LogP contribution in [0, 0.1) is 13.8 Å². The van der Waals surface area contributed by atoms with Crippen LogP contribution in [0.5, 0.6) is 5.75 Å². The van der Waals surface area contributed by atoms with Gasteiger partial charge in [0.25, 0.3) is 0 Å². The third kappa shape index (κ3) is 7.29. The second-order valence-electron chi connectivity index (χ2n) is 8.80. The van der Waals surface area contributed by atoms with Gasteiger partial charge in [0.05, 0.1) is 12.1 Å². The molecule has 0 saturated heterocycles. The Hall–Kier alpha value is -3.97. The van der Waals surface area contributed by atoms with Gasteiger partial charge in [-0.1, -0.05) is 56.3 Å². The van der Waals surface area contributed by atoms with Gasteiger partial charge in [0.2, 0.25) is 5.91 Å². The van der Waals surface area contributed by atoms with Crippen molar-refractivity contribution in [2.45, 2.75) is 40.5 Å². The van der Waals surface area contributed by atoms with Gasteiger partial charge in [-0.2, -0.15) is 0 Å². The number of thiazole rings is 1. The summed E-state index contributed by atoms with van der Waals surface area (Å²) in [6.07, 6.45) is 2.17. The summed E-state index contributed by atoms with van der Waals surface area (Å²) in [5.41, 5.74) is 7.31. The number of aldehydes is 1. The van der Waals surface area contributed by atoms with Crippen molar-refractivity contribution >= 4 is 34.3 Å². The van der Waals surface area contributed by atoms with Crippen molar-refractivity contribution in [1.29, 1.82) is 0 Å². The van der Waals surface area contributed by atoms with Crippen LogP contribution >= 0.6 is 11.3 Å². The Morgan fingerprint density at radius 3 is 2.45 bits per heavy atom. The summed E-state index contributed by atoms with van der Waals surface area (Å²) in [7, 11) is 2.11. The lowest BCUT2D eigenvalue weighted by Gasteiger charge is -2.11. The number of likely N-dealkylation sites (N-methyl/N-ethyl adjacent to an activating group) is 1. The first-order valence-electron chi connectivity index (χ1n) is 12.7. The molecule has 7 heteroatoms. The zero-order chi connectivity index (χ0) is 27.7. The zero-order valence-corrected chi connectivity index (χ0v) is 23.4. The monoisotopic (exact) mass is 529 g/mol. The van der Waals surface area contributed by atoms with Gasteiger partial charge in [0, 0.05) is 35.3 Å². The fraction of sp³-hybridized carbons (Fsp3) is 0.258. The summed E-state index contributed by atoms with van der Waals surface area (Å²) in [5.74, 6) is 0.0801. The summed E-state index contributed by atoms with van der Waals surface area (Å²) < 4.78 is 0. The topological polar surface area (TPSA) is 82.5 Å². The minimum Gasteiger partial charge on any atom is -0.508 e. The van der Waals surface area contributed by atoms with Crippen molar-refractivity contribution in [2.75, 3.05) is 23.8 Å². The molecule has 1 aliphatic rings. The van der Waals surface area contributed by atoms with Crippen LogP contribution in [0.2, 0.25) is 0 Å². The summed E-state index contributed by atoms with van der Waals surface area (Å²) in [4.78, 5) is 30.5. The predicted molar refractivity (Wildman–Crippen MR) is 158 cm³/mol. The highest BCUT2D eigenvalue weighted by molar-refractivity contribution is 7.16. The summed E-state index contributed by atoms with van der Waals surface area (Å²) in [6, 6.07) is 20.6. The minimum absolute atomic E-state index is 0.114. The number of nitrogens with one attached hydrogen (secondary N) is 1. The van der Waals surface area contributed by atoms with Gasteiger partial charge in [0.15, 0.2) is 5.13 Å². The molecule has 198 valence electrons. The van der Waals surface area contributed by atoms with Crippen molar-refractivity contribution in [3.8, 4) is 17.0 Å². The lowest BCUT2D eigenvalue weighted by atomic mass is 10.1. The molecule has 3 aromatic carbocycles. The number of phenols is 1. The van der Waals surface area contributed by atoms with Gasteiger partial charge in [0.1, 0.15) is 12.0 Å². The fourth-order valence-electron chi connectivity index (χ4n) is 4.11. The zero-order valence-electron chi connectivity index (χ0n) is 22.6. The van der Waals surface area contributed by atoms with Crippen LogP contribution < -0.4 is 10.2 Å². The number of hydrogen-bond donors (Lipinski definition) is 2. The van der Waals surface area contributed by atoms with Crippen LogP contribution in [0.15, 0.2) is 66.7 Å². The number of carbonyl (C=O) groups is 2.